The second-order valence-corrected chi connectivity index (χ2v) is 5.81. The van der Waals surface area contributed by atoms with E-state index >= 15 is 0 Å². The zero-order valence-electron chi connectivity index (χ0n) is 11.5. The highest BCUT2D eigenvalue weighted by molar-refractivity contribution is 7.22. The highest BCUT2D eigenvalue weighted by Gasteiger charge is 2.05. The van der Waals surface area contributed by atoms with Gasteiger partial charge in [-0.15, -0.1) is 11.3 Å². The average molecular weight is 283 g/mol. The molecule has 0 aliphatic carbocycles. The monoisotopic (exact) mass is 283 g/mol. The summed E-state index contributed by atoms with van der Waals surface area (Å²) < 4.78 is 1.21. The number of rotatable bonds is 5. The molecule has 0 aliphatic heterocycles. The van der Waals surface area contributed by atoms with Crippen LogP contribution in [-0.4, -0.2) is 16.5 Å². The molecule has 3 aromatic heterocycles. The van der Waals surface area contributed by atoms with Gasteiger partial charge < -0.3 is 5.32 Å². The lowest BCUT2D eigenvalue weighted by Gasteiger charge is -2.03. The van der Waals surface area contributed by atoms with Crippen LogP contribution < -0.4 is 5.32 Å². The average Bonchev–Trinajstić information content (AvgIpc) is 2.92. The van der Waals surface area contributed by atoms with Gasteiger partial charge in [0.05, 0.1) is 20.8 Å². The standard InChI is InChI=1S/C16H17N3S/c1-2-7-17-10-12-5-6-13(19-11-12)16-9-14-15(20-16)4-3-8-18-14/h3-6,8-9,11,17H,2,7,10H2,1H3. The summed E-state index contributed by atoms with van der Waals surface area (Å²) in [7, 11) is 0. The molecule has 0 spiro atoms. The molecular formula is C16H17N3S. The fourth-order valence-electron chi connectivity index (χ4n) is 2.08. The van der Waals surface area contributed by atoms with E-state index in [9.17, 15) is 0 Å². The van der Waals surface area contributed by atoms with Gasteiger partial charge in [-0.25, -0.2) is 0 Å². The minimum Gasteiger partial charge on any atom is -0.313 e. The minimum atomic E-state index is 0.884. The molecule has 0 bridgehead atoms. The molecule has 0 radical (unpaired) electrons. The quantitative estimate of drug-likeness (QED) is 0.723. The molecule has 4 heteroatoms. The van der Waals surface area contributed by atoms with Crippen molar-refractivity contribution < 1.29 is 0 Å². The van der Waals surface area contributed by atoms with Crippen LogP contribution in [0.1, 0.15) is 18.9 Å². The Morgan fingerprint density at radius 2 is 2.15 bits per heavy atom. The second kappa shape index (κ2) is 6.11. The molecule has 102 valence electrons. The maximum absolute atomic E-state index is 4.57. The Morgan fingerprint density at radius 3 is 2.90 bits per heavy atom. The highest BCUT2D eigenvalue weighted by Crippen LogP contribution is 2.31. The molecule has 0 saturated heterocycles. The summed E-state index contributed by atoms with van der Waals surface area (Å²) in [6.45, 7) is 4.10. The highest BCUT2D eigenvalue weighted by atomic mass is 32.1. The van der Waals surface area contributed by atoms with E-state index in [1.807, 2.05) is 18.5 Å². The predicted octanol–water partition coefficient (Wildman–Crippen LogP) is 3.86. The maximum Gasteiger partial charge on any atom is 0.0816 e. The summed E-state index contributed by atoms with van der Waals surface area (Å²) in [5, 5.41) is 3.38. The third-order valence-corrected chi connectivity index (χ3v) is 4.23. The van der Waals surface area contributed by atoms with Crippen molar-refractivity contribution in [2.24, 2.45) is 0 Å². The molecule has 0 saturated carbocycles. The Morgan fingerprint density at radius 1 is 1.20 bits per heavy atom. The third kappa shape index (κ3) is 2.86. The molecule has 0 atom stereocenters. The van der Waals surface area contributed by atoms with Crippen LogP contribution in [0.5, 0.6) is 0 Å². The number of pyridine rings is 2. The van der Waals surface area contributed by atoms with Crippen LogP contribution >= 0.6 is 11.3 Å². The van der Waals surface area contributed by atoms with E-state index in [4.69, 9.17) is 0 Å². The Kier molecular flexibility index (Phi) is 4.04. The van der Waals surface area contributed by atoms with Crippen molar-refractivity contribution in [3.05, 3.63) is 48.3 Å². The second-order valence-electron chi connectivity index (χ2n) is 4.73. The van der Waals surface area contributed by atoms with E-state index in [0.717, 1.165) is 30.7 Å². The zero-order chi connectivity index (χ0) is 13.8. The van der Waals surface area contributed by atoms with E-state index in [-0.39, 0.29) is 0 Å². The van der Waals surface area contributed by atoms with E-state index < -0.39 is 0 Å². The summed E-state index contributed by atoms with van der Waals surface area (Å²) in [5.41, 5.74) is 3.29. The fraction of sp³-hybridized carbons (Fsp3) is 0.250. The largest absolute Gasteiger partial charge is 0.313 e. The fourth-order valence-corrected chi connectivity index (χ4v) is 3.08. The molecule has 20 heavy (non-hydrogen) atoms. The van der Waals surface area contributed by atoms with Gasteiger partial charge >= 0.3 is 0 Å². The van der Waals surface area contributed by atoms with E-state index in [1.54, 1.807) is 11.3 Å². The van der Waals surface area contributed by atoms with Gasteiger partial charge in [0.1, 0.15) is 0 Å². The lowest BCUT2D eigenvalue weighted by Crippen LogP contribution is -2.13. The van der Waals surface area contributed by atoms with Crippen LogP contribution in [0.4, 0.5) is 0 Å². The topological polar surface area (TPSA) is 37.8 Å². The van der Waals surface area contributed by atoms with Crippen LogP contribution in [0.25, 0.3) is 20.8 Å². The molecular weight excluding hydrogens is 266 g/mol. The molecule has 0 fully saturated rings. The molecule has 0 amide bonds. The van der Waals surface area contributed by atoms with Crippen LogP contribution in [0.3, 0.4) is 0 Å². The minimum absolute atomic E-state index is 0.884. The molecule has 3 nitrogen and oxygen atoms in total. The molecule has 0 aliphatic rings. The van der Waals surface area contributed by atoms with Gasteiger partial charge in [0.2, 0.25) is 0 Å². The van der Waals surface area contributed by atoms with Crippen LogP contribution in [-0.2, 0) is 6.54 Å². The summed E-state index contributed by atoms with van der Waals surface area (Å²) in [4.78, 5) is 10.1. The number of thiophene rings is 1. The maximum atomic E-state index is 4.57. The van der Waals surface area contributed by atoms with Crippen molar-refractivity contribution in [1.29, 1.82) is 0 Å². The number of hydrogen-bond acceptors (Lipinski definition) is 4. The van der Waals surface area contributed by atoms with Gasteiger partial charge in [-0.05, 0) is 42.8 Å². The summed E-state index contributed by atoms with van der Waals surface area (Å²) in [6, 6.07) is 10.4. The normalized spacial score (nSPS) is 11.1. The Balaban J connectivity index is 1.79. The first-order valence-corrected chi connectivity index (χ1v) is 7.69. The molecule has 3 rings (SSSR count). The first kappa shape index (κ1) is 13.2. The molecule has 3 aromatic rings. The smallest absolute Gasteiger partial charge is 0.0816 e. The van der Waals surface area contributed by atoms with Crippen molar-refractivity contribution in [2.45, 2.75) is 19.9 Å². The van der Waals surface area contributed by atoms with Gasteiger partial charge in [0.25, 0.3) is 0 Å². The summed E-state index contributed by atoms with van der Waals surface area (Å²) in [6.07, 6.45) is 4.94. The van der Waals surface area contributed by atoms with Crippen molar-refractivity contribution in [2.75, 3.05) is 6.54 Å². The van der Waals surface area contributed by atoms with Crippen molar-refractivity contribution in [3.63, 3.8) is 0 Å². The zero-order valence-corrected chi connectivity index (χ0v) is 12.3. The number of fused-ring (bicyclic) bond motifs is 1. The third-order valence-electron chi connectivity index (χ3n) is 3.12. The lowest BCUT2D eigenvalue weighted by molar-refractivity contribution is 0.674. The summed E-state index contributed by atoms with van der Waals surface area (Å²) >= 11 is 1.74. The number of aromatic nitrogens is 2. The Labute approximate surface area is 122 Å². The van der Waals surface area contributed by atoms with Crippen LogP contribution in [0.2, 0.25) is 0 Å². The number of hydrogen-bond donors (Lipinski definition) is 1. The SMILES string of the molecule is CCCNCc1ccc(-c2cc3ncccc3s2)nc1. The van der Waals surface area contributed by atoms with Gasteiger partial charge in [-0.3, -0.25) is 9.97 Å². The first-order valence-electron chi connectivity index (χ1n) is 6.87. The molecule has 0 unspecified atom stereocenters. The van der Waals surface area contributed by atoms with Crippen molar-refractivity contribution >= 4 is 21.6 Å². The van der Waals surface area contributed by atoms with E-state index in [1.165, 1.54) is 15.1 Å². The molecule has 0 aromatic carbocycles. The van der Waals surface area contributed by atoms with E-state index in [0.29, 0.717) is 0 Å². The number of nitrogens with one attached hydrogen (secondary N) is 1. The van der Waals surface area contributed by atoms with Gasteiger partial charge in [0, 0.05) is 18.9 Å². The van der Waals surface area contributed by atoms with Gasteiger partial charge in [0.15, 0.2) is 0 Å². The van der Waals surface area contributed by atoms with Gasteiger partial charge in [-0.2, -0.15) is 0 Å². The van der Waals surface area contributed by atoms with Crippen molar-refractivity contribution in [3.8, 4) is 10.6 Å². The Bertz CT molecular complexity index is 655. The van der Waals surface area contributed by atoms with Crippen LogP contribution in [0.15, 0.2) is 42.7 Å². The van der Waals surface area contributed by atoms with E-state index in [2.05, 4.69) is 46.5 Å². The van der Waals surface area contributed by atoms with Crippen molar-refractivity contribution in [1.82, 2.24) is 15.3 Å². The van der Waals surface area contributed by atoms with Crippen LogP contribution in [0, 0.1) is 0 Å². The van der Waals surface area contributed by atoms with Gasteiger partial charge in [-0.1, -0.05) is 13.0 Å². The molecule has 1 N–H and O–H groups in total. The predicted molar refractivity (Wildman–Crippen MR) is 84.8 cm³/mol. The first-order chi connectivity index (χ1) is 9.86. The Hall–Kier alpha value is -1.78. The molecule has 3 heterocycles. The number of nitrogens with zero attached hydrogens (tertiary/aromatic N) is 2. The lowest BCUT2D eigenvalue weighted by atomic mass is 10.2. The summed E-state index contributed by atoms with van der Waals surface area (Å²) in [5.74, 6) is 0.